The highest BCUT2D eigenvalue weighted by atomic mass is 32.2. The van der Waals surface area contributed by atoms with E-state index in [2.05, 4.69) is 45.2 Å². The number of tetrazole rings is 1. The van der Waals surface area contributed by atoms with Gasteiger partial charge in [0.15, 0.2) is 0 Å². The Kier molecular flexibility index (Phi) is 6.93. The summed E-state index contributed by atoms with van der Waals surface area (Å²) >= 11 is 1.19. The quantitative estimate of drug-likeness (QED) is 0.730. The number of aromatic nitrogens is 4. The Morgan fingerprint density at radius 3 is 2.64 bits per heavy atom. The second kappa shape index (κ2) is 9.16. The van der Waals surface area contributed by atoms with Crippen molar-refractivity contribution in [2.24, 2.45) is 0 Å². The minimum atomic E-state index is -0.542. The number of urea groups is 1. The molecular formula is C16H22N6O2S. The molecule has 0 unspecified atom stereocenters. The lowest BCUT2D eigenvalue weighted by Gasteiger charge is -2.11. The number of unbranched alkanes of at least 4 members (excludes halogenated alkanes) is 1. The molecule has 134 valence electrons. The third-order valence-electron chi connectivity index (χ3n) is 3.56. The number of carbonyl (C=O) groups excluding carboxylic acids is 2. The molecule has 1 aromatic heterocycles. The van der Waals surface area contributed by atoms with Crippen LogP contribution in [-0.4, -0.2) is 44.4 Å². The van der Waals surface area contributed by atoms with Crippen LogP contribution in [0.1, 0.15) is 32.3 Å². The molecule has 3 amide bonds. The average molecular weight is 362 g/mol. The van der Waals surface area contributed by atoms with Gasteiger partial charge in [0.1, 0.15) is 0 Å². The number of nitrogens with zero attached hydrogens (tertiary/aromatic N) is 4. The number of nitrogens with one attached hydrogen (secondary N) is 2. The fraction of sp³-hybridized carbons (Fsp3) is 0.438. The highest BCUT2D eigenvalue weighted by Gasteiger charge is 2.20. The van der Waals surface area contributed by atoms with Crippen LogP contribution in [0.4, 0.5) is 4.79 Å². The number of thioether (sulfide) groups is 1. The van der Waals surface area contributed by atoms with E-state index in [0.29, 0.717) is 5.16 Å². The minimum absolute atomic E-state index is 0.409. The van der Waals surface area contributed by atoms with Crippen molar-refractivity contribution in [3.8, 4) is 5.69 Å². The summed E-state index contributed by atoms with van der Waals surface area (Å²) in [6, 6.07) is 7.49. The van der Waals surface area contributed by atoms with Gasteiger partial charge in [-0.3, -0.25) is 10.1 Å². The zero-order valence-corrected chi connectivity index (χ0v) is 15.3. The van der Waals surface area contributed by atoms with Gasteiger partial charge in [0.05, 0.1) is 10.9 Å². The smallest absolute Gasteiger partial charge is 0.321 e. The van der Waals surface area contributed by atoms with Crippen molar-refractivity contribution in [3.63, 3.8) is 0 Å². The number of imide groups is 1. The first-order valence-corrected chi connectivity index (χ1v) is 9.00. The fourth-order valence-corrected chi connectivity index (χ4v) is 2.89. The highest BCUT2D eigenvalue weighted by molar-refractivity contribution is 8.00. The molecule has 0 aliphatic rings. The predicted molar refractivity (Wildman–Crippen MR) is 95.7 cm³/mol. The van der Waals surface area contributed by atoms with Crippen molar-refractivity contribution in [3.05, 3.63) is 29.8 Å². The summed E-state index contributed by atoms with van der Waals surface area (Å²) in [5.74, 6) is -0.409. The normalized spacial score (nSPS) is 11.8. The highest BCUT2D eigenvalue weighted by Crippen LogP contribution is 2.23. The van der Waals surface area contributed by atoms with Crippen LogP contribution in [0.2, 0.25) is 0 Å². The zero-order valence-electron chi connectivity index (χ0n) is 14.5. The van der Waals surface area contributed by atoms with Gasteiger partial charge in [-0.1, -0.05) is 37.2 Å². The molecule has 0 radical (unpaired) electrons. The predicted octanol–water partition coefficient (Wildman–Crippen LogP) is 1.94. The van der Waals surface area contributed by atoms with Crippen LogP contribution in [0.3, 0.4) is 0 Å². The average Bonchev–Trinajstić information content (AvgIpc) is 3.08. The van der Waals surface area contributed by atoms with Crippen LogP contribution in [0.5, 0.6) is 0 Å². The Hall–Kier alpha value is -2.42. The number of hydrogen-bond acceptors (Lipinski definition) is 6. The van der Waals surface area contributed by atoms with Gasteiger partial charge in [-0.2, -0.15) is 4.68 Å². The van der Waals surface area contributed by atoms with Crippen molar-refractivity contribution in [2.45, 2.75) is 43.5 Å². The molecule has 0 fully saturated rings. The Morgan fingerprint density at radius 2 is 2.00 bits per heavy atom. The summed E-state index contributed by atoms with van der Waals surface area (Å²) in [6.45, 7) is 3.86. The number of benzene rings is 1. The largest absolute Gasteiger partial charge is 0.341 e. The monoisotopic (exact) mass is 362 g/mol. The summed E-state index contributed by atoms with van der Waals surface area (Å²) in [7, 11) is 1.45. The van der Waals surface area contributed by atoms with Gasteiger partial charge in [0.2, 0.25) is 11.1 Å². The molecule has 0 aliphatic heterocycles. The van der Waals surface area contributed by atoms with Crippen LogP contribution in [0.25, 0.3) is 5.69 Å². The van der Waals surface area contributed by atoms with E-state index in [4.69, 9.17) is 0 Å². The summed E-state index contributed by atoms with van der Waals surface area (Å²) in [4.78, 5) is 23.2. The lowest BCUT2D eigenvalue weighted by molar-refractivity contribution is -0.119. The van der Waals surface area contributed by atoms with E-state index in [1.165, 1.54) is 24.4 Å². The molecule has 1 atom stereocenters. The molecule has 1 heterocycles. The number of hydrogen-bond donors (Lipinski definition) is 2. The van der Waals surface area contributed by atoms with E-state index in [1.807, 2.05) is 12.1 Å². The SMILES string of the molecule is CCCCc1ccc(-n2nnnc2S[C@H](C)C(=O)NC(=O)NC)cc1. The van der Waals surface area contributed by atoms with Gasteiger partial charge in [-0.25, -0.2) is 4.79 Å². The lowest BCUT2D eigenvalue weighted by Crippen LogP contribution is -2.41. The van der Waals surface area contributed by atoms with Crippen molar-refractivity contribution in [1.82, 2.24) is 30.8 Å². The molecule has 0 bridgehead atoms. The van der Waals surface area contributed by atoms with Crippen molar-refractivity contribution in [1.29, 1.82) is 0 Å². The second-order valence-electron chi connectivity index (χ2n) is 5.47. The van der Waals surface area contributed by atoms with E-state index in [9.17, 15) is 9.59 Å². The Morgan fingerprint density at radius 1 is 1.28 bits per heavy atom. The van der Waals surface area contributed by atoms with E-state index in [0.717, 1.165) is 24.9 Å². The van der Waals surface area contributed by atoms with E-state index >= 15 is 0 Å². The molecule has 0 saturated heterocycles. The zero-order chi connectivity index (χ0) is 18.2. The molecule has 9 heteroatoms. The van der Waals surface area contributed by atoms with E-state index < -0.39 is 17.2 Å². The number of amides is 3. The molecule has 2 rings (SSSR count). The van der Waals surface area contributed by atoms with Crippen LogP contribution in [0, 0.1) is 0 Å². The summed E-state index contributed by atoms with van der Waals surface area (Å²) < 4.78 is 1.58. The van der Waals surface area contributed by atoms with Crippen molar-refractivity contribution in [2.75, 3.05) is 7.05 Å². The van der Waals surface area contributed by atoms with Gasteiger partial charge >= 0.3 is 6.03 Å². The third-order valence-corrected chi connectivity index (χ3v) is 4.59. The molecular weight excluding hydrogens is 340 g/mol. The Labute approximate surface area is 150 Å². The van der Waals surface area contributed by atoms with Gasteiger partial charge in [0, 0.05) is 7.05 Å². The minimum Gasteiger partial charge on any atom is -0.341 e. The molecule has 2 aromatic rings. The van der Waals surface area contributed by atoms with Crippen molar-refractivity contribution < 1.29 is 9.59 Å². The second-order valence-corrected chi connectivity index (χ2v) is 6.78. The molecule has 0 spiro atoms. The molecule has 0 saturated carbocycles. The molecule has 2 N–H and O–H groups in total. The maximum atomic E-state index is 12.0. The fourth-order valence-electron chi connectivity index (χ4n) is 2.09. The van der Waals surface area contributed by atoms with E-state index in [1.54, 1.807) is 11.6 Å². The summed E-state index contributed by atoms with van der Waals surface area (Å²) in [6.07, 6.45) is 3.36. The van der Waals surface area contributed by atoms with Gasteiger partial charge in [0.25, 0.3) is 0 Å². The van der Waals surface area contributed by atoms with Crippen LogP contribution < -0.4 is 10.6 Å². The molecule has 1 aromatic carbocycles. The van der Waals surface area contributed by atoms with Crippen LogP contribution in [-0.2, 0) is 11.2 Å². The molecule has 8 nitrogen and oxygen atoms in total. The van der Waals surface area contributed by atoms with Gasteiger partial charge in [-0.05, 0) is 47.9 Å². The maximum absolute atomic E-state index is 12.0. The summed E-state index contributed by atoms with van der Waals surface area (Å²) in [5, 5.41) is 16.2. The first kappa shape index (κ1) is 18.9. The standard InChI is InChI=1S/C16H22N6O2S/c1-4-5-6-12-7-9-13(10-8-12)22-16(19-20-21-22)25-11(2)14(23)18-15(24)17-3/h7-11H,4-6H2,1-3H3,(H2,17,18,23,24)/t11-/m1/s1. The third kappa shape index (κ3) is 5.28. The van der Waals surface area contributed by atoms with Crippen LogP contribution >= 0.6 is 11.8 Å². The molecule has 25 heavy (non-hydrogen) atoms. The Balaban J connectivity index is 2.06. The number of aryl methyl sites for hydroxylation is 1. The van der Waals surface area contributed by atoms with Gasteiger partial charge < -0.3 is 5.32 Å². The van der Waals surface area contributed by atoms with Crippen molar-refractivity contribution >= 4 is 23.7 Å². The first-order chi connectivity index (χ1) is 12.0. The number of carbonyl (C=O) groups is 2. The summed E-state index contributed by atoms with van der Waals surface area (Å²) in [5.41, 5.74) is 2.10. The maximum Gasteiger partial charge on any atom is 0.321 e. The van der Waals surface area contributed by atoms with Crippen LogP contribution in [0.15, 0.2) is 29.4 Å². The lowest BCUT2D eigenvalue weighted by atomic mass is 10.1. The van der Waals surface area contributed by atoms with E-state index in [-0.39, 0.29) is 0 Å². The molecule has 0 aliphatic carbocycles. The first-order valence-electron chi connectivity index (χ1n) is 8.12. The topological polar surface area (TPSA) is 102 Å². The number of rotatable bonds is 7. The van der Waals surface area contributed by atoms with Gasteiger partial charge in [-0.15, -0.1) is 5.10 Å². The Bertz CT molecular complexity index is 716.